The SMILES string of the molecule is C=CC[SiH]=[Se]. The van der Waals surface area contributed by atoms with Gasteiger partial charge in [-0.15, -0.1) is 0 Å². The van der Waals surface area contributed by atoms with Gasteiger partial charge in [0, 0.05) is 0 Å². The zero-order chi connectivity index (χ0) is 4.12. The molecule has 0 nitrogen and oxygen atoms in total. The monoisotopic (exact) mass is 150 g/mol. The van der Waals surface area contributed by atoms with E-state index in [9.17, 15) is 0 Å². The molecule has 0 amide bonds. The molecule has 0 aliphatic rings. The Kier molecular flexibility index (Phi) is 4.90. The summed E-state index contributed by atoms with van der Waals surface area (Å²) in [4.78, 5) is 0. The number of hydrogen-bond acceptors (Lipinski definition) is 0. The van der Waals surface area contributed by atoms with E-state index in [1.54, 1.807) is 0 Å². The fourth-order valence-electron chi connectivity index (χ4n) is 0.0680. The van der Waals surface area contributed by atoms with Crippen LogP contribution in [0.1, 0.15) is 0 Å². The molecular formula is C3H6SeSi. The molecule has 0 aliphatic carbocycles. The van der Waals surface area contributed by atoms with Crippen LogP contribution in [0.25, 0.3) is 0 Å². The first-order chi connectivity index (χ1) is 2.41. The van der Waals surface area contributed by atoms with Crippen molar-refractivity contribution < 1.29 is 0 Å². The van der Waals surface area contributed by atoms with Gasteiger partial charge in [-0.1, -0.05) is 0 Å². The second kappa shape index (κ2) is 4.48. The van der Waals surface area contributed by atoms with Crippen LogP contribution in [0.2, 0.25) is 6.04 Å². The first-order valence-corrected chi connectivity index (χ1v) is 5.72. The van der Waals surface area contributed by atoms with E-state index in [2.05, 4.69) is 21.5 Å². The second-order valence-electron chi connectivity index (χ2n) is 0.691. The predicted molar refractivity (Wildman–Crippen MR) is 27.9 cm³/mol. The molecule has 0 saturated carbocycles. The Morgan fingerprint density at radius 3 is 2.60 bits per heavy atom. The third-order valence-corrected chi connectivity index (χ3v) is 2.00. The third-order valence-electron chi connectivity index (χ3n) is 0.263. The van der Waals surface area contributed by atoms with Crippen LogP contribution < -0.4 is 0 Å². The molecule has 0 aromatic heterocycles. The minimum absolute atomic E-state index is 0.543. The molecule has 0 saturated heterocycles. The Morgan fingerprint density at radius 1 is 2.00 bits per heavy atom. The molecule has 0 radical (unpaired) electrons. The first-order valence-electron chi connectivity index (χ1n) is 1.46. The van der Waals surface area contributed by atoms with E-state index in [0.29, 0.717) is 7.67 Å². The zero-order valence-corrected chi connectivity index (χ0v) is 5.84. The number of rotatable bonds is 2. The summed E-state index contributed by atoms with van der Waals surface area (Å²) < 4.78 is 0. The summed E-state index contributed by atoms with van der Waals surface area (Å²) in [5.74, 6) is 0. The van der Waals surface area contributed by atoms with Gasteiger partial charge in [0.2, 0.25) is 0 Å². The van der Waals surface area contributed by atoms with Crippen molar-refractivity contribution in [3.63, 3.8) is 0 Å². The Hall–Kier alpha value is 0.476. The molecule has 0 heterocycles. The van der Waals surface area contributed by atoms with Crippen LogP contribution in [-0.4, -0.2) is 22.6 Å². The van der Waals surface area contributed by atoms with Crippen molar-refractivity contribution in [2.24, 2.45) is 0 Å². The van der Waals surface area contributed by atoms with E-state index in [0.717, 1.165) is 0 Å². The van der Waals surface area contributed by atoms with Gasteiger partial charge in [-0.3, -0.25) is 0 Å². The summed E-state index contributed by atoms with van der Waals surface area (Å²) in [5, 5.41) is 0. The maximum absolute atomic E-state index is 3.55. The van der Waals surface area contributed by atoms with E-state index in [1.165, 1.54) is 6.04 Å². The van der Waals surface area contributed by atoms with Crippen LogP contribution in [0, 0.1) is 0 Å². The molecule has 0 aromatic carbocycles. The Bertz CT molecular complexity index is 36.2. The Balaban J connectivity index is 2.65. The topological polar surface area (TPSA) is 0 Å². The fraction of sp³-hybridized carbons (Fsp3) is 0.333. The number of allylic oxidation sites excluding steroid dienone is 1. The average molecular weight is 149 g/mol. The summed E-state index contributed by atoms with van der Waals surface area (Å²) in [6.45, 7) is 3.55. The molecule has 0 unspecified atom stereocenters. The predicted octanol–water partition coefficient (Wildman–Crippen LogP) is 0.111. The van der Waals surface area contributed by atoms with Crippen LogP contribution >= 0.6 is 0 Å². The van der Waals surface area contributed by atoms with Crippen LogP contribution in [0.5, 0.6) is 0 Å². The van der Waals surface area contributed by atoms with Crippen LogP contribution in [-0.2, 0) is 0 Å². The second-order valence-corrected chi connectivity index (χ2v) is 3.59. The van der Waals surface area contributed by atoms with E-state index < -0.39 is 0 Å². The molecule has 5 heavy (non-hydrogen) atoms. The molecule has 0 rings (SSSR count). The molecular weight excluding hydrogens is 143 g/mol. The van der Waals surface area contributed by atoms with Gasteiger partial charge in [0.05, 0.1) is 0 Å². The molecule has 0 aromatic rings. The van der Waals surface area contributed by atoms with Gasteiger partial charge in [-0.2, -0.15) is 0 Å². The minimum atomic E-state index is 0.543. The quantitative estimate of drug-likeness (QED) is 0.386. The summed E-state index contributed by atoms with van der Waals surface area (Å²) in [7, 11) is 0.543. The maximum atomic E-state index is 3.55. The molecule has 0 bridgehead atoms. The third kappa shape index (κ3) is 4.48. The summed E-state index contributed by atoms with van der Waals surface area (Å²) in [5.41, 5.74) is 0. The molecule has 0 aliphatic heterocycles. The van der Waals surface area contributed by atoms with E-state index in [-0.39, 0.29) is 0 Å². The molecule has 2 heteroatoms. The molecule has 0 N–H and O–H groups in total. The van der Waals surface area contributed by atoms with E-state index >= 15 is 0 Å². The summed E-state index contributed by atoms with van der Waals surface area (Å²) in [6, 6.07) is 1.18. The van der Waals surface area contributed by atoms with Crippen molar-refractivity contribution in [2.75, 3.05) is 0 Å². The van der Waals surface area contributed by atoms with Crippen LogP contribution in [0.4, 0.5) is 0 Å². The summed E-state index contributed by atoms with van der Waals surface area (Å²) in [6.07, 6.45) is 1.94. The van der Waals surface area contributed by atoms with Crippen molar-refractivity contribution in [2.45, 2.75) is 6.04 Å². The van der Waals surface area contributed by atoms with Gasteiger partial charge >= 0.3 is 41.3 Å². The summed E-state index contributed by atoms with van der Waals surface area (Å²) >= 11 is 2.96. The Morgan fingerprint density at radius 2 is 2.60 bits per heavy atom. The zero-order valence-electron chi connectivity index (χ0n) is 2.98. The molecule has 28 valence electrons. The fourth-order valence-corrected chi connectivity index (χ4v) is 1.06. The normalized spacial score (nSPS) is 6.40. The van der Waals surface area contributed by atoms with Crippen molar-refractivity contribution in [3.8, 4) is 0 Å². The van der Waals surface area contributed by atoms with Gasteiger partial charge in [0.1, 0.15) is 0 Å². The van der Waals surface area contributed by atoms with Crippen molar-refractivity contribution >= 4 is 22.6 Å². The van der Waals surface area contributed by atoms with Crippen molar-refractivity contribution in [1.29, 1.82) is 0 Å². The van der Waals surface area contributed by atoms with Gasteiger partial charge in [-0.25, -0.2) is 0 Å². The van der Waals surface area contributed by atoms with E-state index in [4.69, 9.17) is 0 Å². The van der Waals surface area contributed by atoms with Gasteiger partial charge < -0.3 is 0 Å². The molecule has 0 spiro atoms. The van der Waals surface area contributed by atoms with E-state index in [1.807, 2.05) is 6.08 Å². The number of hydrogen-bond donors (Lipinski definition) is 0. The van der Waals surface area contributed by atoms with Crippen molar-refractivity contribution in [1.82, 2.24) is 0 Å². The molecule has 0 atom stereocenters. The van der Waals surface area contributed by atoms with Crippen LogP contribution in [0.15, 0.2) is 12.7 Å². The van der Waals surface area contributed by atoms with Crippen LogP contribution in [0.3, 0.4) is 0 Å². The Labute approximate surface area is 41.8 Å². The standard InChI is InChI=1S/C3H6SeSi/c1-2-3-5-4/h2,5H,1,3H2. The van der Waals surface area contributed by atoms with Gasteiger partial charge in [0.25, 0.3) is 0 Å². The van der Waals surface area contributed by atoms with Gasteiger partial charge in [0.15, 0.2) is 0 Å². The molecule has 0 fully saturated rings. The van der Waals surface area contributed by atoms with Gasteiger partial charge in [-0.05, 0) is 0 Å². The average Bonchev–Trinajstić information content (AvgIpc) is 1.41. The van der Waals surface area contributed by atoms with Crippen molar-refractivity contribution in [3.05, 3.63) is 12.7 Å². The first kappa shape index (κ1) is 5.48.